The summed E-state index contributed by atoms with van der Waals surface area (Å²) in [4.78, 5) is 10.7. The van der Waals surface area contributed by atoms with Gasteiger partial charge in [-0.25, -0.2) is 0 Å². The number of carbonyl (C=O) groups is 1. The Morgan fingerprint density at radius 3 is 1.92 bits per heavy atom. The lowest BCUT2D eigenvalue weighted by Crippen LogP contribution is -2.45. The molecule has 0 saturated heterocycles. The van der Waals surface area contributed by atoms with Crippen LogP contribution in [-0.4, -0.2) is 16.6 Å². The molecule has 72 valence electrons. The quantitative estimate of drug-likeness (QED) is 0.670. The van der Waals surface area contributed by atoms with Crippen molar-refractivity contribution in [2.75, 3.05) is 0 Å². The third kappa shape index (κ3) is 2.48. The molecule has 12 heavy (non-hydrogen) atoms. The van der Waals surface area contributed by atoms with Crippen molar-refractivity contribution in [2.24, 2.45) is 11.1 Å². The first-order valence-corrected chi connectivity index (χ1v) is 4.23. The second-order valence-corrected chi connectivity index (χ2v) is 4.28. The summed E-state index contributed by atoms with van der Waals surface area (Å²) in [6.45, 7) is 7.56. The highest BCUT2D eigenvalue weighted by Crippen LogP contribution is 2.35. The van der Waals surface area contributed by atoms with Crippen LogP contribution in [0.3, 0.4) is 0 Å². The van der Waals surface area contributed by atoms with Crippen molar-refractivity contribution >= 4 is 5.91 Å². The Kier molecular flexibility index (Phi) is 3.27. The highest BCUT2D eigenvalue weighted by atomic mass is 16.3. The first-order chi connectivity index (χ1) is 5.23. The average molecular weight is 173 g/mol. The van der Waals surface area contributed by atoms with Gasteiger partial charge in [-0.3, -0.25) is 4.79 Å². The molecule has 0 aliphatic rings. The van der Waals surface area contributed by atoms with Crippen LogP contribution in [-0.2, 0) is 4.79 Å². The average Bonchev–Trinajstić information content (AvgIpc) is 1.83. The van der Waals surface area contributed by atoms with Gasteiger partial charge in [0.2, 0.25) is 5.91 Å². The summed E-state index contributed by atoms with van der Waals surface area (Å²) in [6.07, 6.45) is 0.576. The minimum Gasteiger partial charge on any atom is -0.389 e. The Balaban J connectivity index is 4.56. The smallest absolute Gasteiger partial charge is 0.220 e. The van der Waals surface area contributed by atoms with E-state index in [-0.39, 0.29) is 11.8 Å². The van der Waals surface area contributed by atoms with Crippen molar-refractivity contribution in [3.63, 3.8) is 0 Å². The molecule has 0 rings (SSSR count). The molecule has 0 saturated carbocycles. The molecular formula is C9H19NO2. The molecule has 3 heteroatoms. The summed E-state index contributed by atoms with van der Waals surface area (Å²) in [5, 5.41) is 10.0. The summed E-state index contributed by atoms with van der Waals surface area (Å²) < 4.78 is 0. The Labute approximate surface area is 74.0 Å². The third-order valence-corrected chi connectivity index (χ3v) is 2.45. The Hall–Kier alpha value is -0.570. The molecule has 3 nitrogen and oxygen atoms in total. The fraction of sp³-hybridized carbons (Fsp3) is 0.889. The molecule has 1 unspecified atom stereocenters. The van der Waals surface area contributed by atoms with E-state index in [0.717, 1.165) is 0 Å². The van der Waals surface area contributed by atoms with Gasteiger partial charge in [0.1, 0.15) is 0 Å². The number of amides is 1. The Bertz CT molecular complexity index is 172. The standard InChI is InChI=1S/C9H19NO2/c1-5-9(12,6-7(10)11)8(2,3)4/h12H,5-6H2,1-4H3,(H2,10,11). The van der Waals surface area contributed by atoms with Gasteiger partial charge in [0.15, 0.2) is 0 Å². The van der Waals surface area contributed by atoms with E-state index in [1.54, 1.807) is 0 Å². The lowest BCUT2D eigenvalue weighted by molar-refractivity contribution is -0.130. The van der Waals surface area contributed by atoms with Crippen LogP contribution in [0.2, 0.25) is 0 Å². The molecule has 0 aromatic carbocycles. The summed E-state index contributed by atoms with van der Waals surface area (Å²) >= 11 is 0. The molecule has 0 fully saturated rings. The molecule has 0 heterocycles. The number of primary amides is 1. The highest BCUT2D eigenvalue weighted by Gasteiger charge is 2.39. The largest absolute Gasteiger partial charge is 0.389 e. The van der Waals surface area contributed by atoms with Crippen LogP contribution >= 0.6 is 0 Å². The highest BCUT2D eigenvalue weighted by molar-refractivity contribution is 5.75. The van der Waals surface area contributed by atoms with E-state index in [2.05, 4.69) is 0 Å². The maximum atomic E-state index is 10.7. The van der Waals surface area contributed by atoms with Gasteiger partial charge in [0, 0.05) is 0 Å². The molecule has 0 radical (unpaired) electrons. The summed E-state index contributed by atoms with van der Waals surface area (Å²) in [5.41, 5.74) is 3.77. The summed E-state index contributed by atoms with van der Waals surface area (Å²) in [7, 11) is 0. The van der Waals surface area contributed by atoms with Crippen LogP contribution < -0.4 is 5.73 Å². The summed E-state index contributed by atoms with van der Waals surface area (Å²) in [6, 6.07) is 0. The molecule has 1 atom stereocenters. The predicted molar refractivity (Wildman–Crippen MR) is 48.5 cm³/mol. The number of aliphatic hydroxyl groups is 1. The van der Waals surface area contributed by atoms with Crippen molar-refractivity contribution in [3.8, 4) is 0 Å². The molecule has 0 aliphatic heterocycles. The van der Waals surface area contributed by atoms with Gasteiger partial charge in [0.05, 0.1) is 12.0 Å². The van der Waals surface area contributed by atoms with E-state index in [9.17, 15) is 9.90 Å². The molecule has 0 aliphatic carbocycles. The van der Waals surface area contributed by atoms with Crippen molar-refractivity contribution in [1.29, 1.82) is 0 Å². The molecule has 1 amide bonds. The minimum absolute atomic E-state index is 0.0347. The molecular weight excluding hydrogens is 154 g/mol. The number of nitrogens with two attached hydrogens (primary N) is 1. The second-order valence-electron chi connectivity index (χ2n) is 4.28. The molecule has 0 aromatic heterocycles. The van der Waals surface area contributed by atoms with Crippen LogP contribution in [0.5, 0.6) is 0 Å². The van der Waals surface area contributed by atoms with Crippen molar-refractivity contribution in [2.45, 2.75) is 46.1 Å². The van der Waals surface area contributed by atoms with Gasteiger partial charge in [-0.1, -0.05) is 27.7 Å². The number of carbonyl (C=O) groups excluding carboxylic acids is 1. The fourth-order valence-electron chi connectivity index (χ4n) is 1.21. The van der Waals surface area contributed by atoms with E-state index in [4.69, 9.17) is 5.73 Å². The zero-order valence-corrected chi connectivity index (χ0v) is 8.35. The van der Waals surface area contributed by atoms with Crippen molar-refractivity contribution in [1.82, 2.24) is 0 Å². The molecule has 0 bridgehead atoms. The Morgan fingerprint density at radius 1 is 1.42 bits per heavy atom. The first-order valence-electron chi connectivity index (χ1n) is 4.23. The zero-order valence-electron chi connectivity index (χ0n) is 8.35. The minimum atomic E-state index is -0.973. The van der Waals surface area contributed by atoms with Gasteiger partial charge in [-0.05, 0) is 11.8 Å². The maximum Gasteiger partial charge on any atom is 0.220 e. The number of rotatable bonds is 3. The van der Waals surface area contributed by atoms with E-state index < -0.39 is 11.5 Å². The van der Waals surface area contributed by atoms with Crippen LogP contribution in [0.4, 0.5) is 0 Å². The van der Waals surface area contributed by atoms with E-state index in [0.29, 0.717) is 6.42 Å². The first kappa shape index (κ1) is 11.4. The summed E-state index contributed by atoms with van der Waals surface area (Å²) in [5.74, 6) is -0.450. The van der Waals surface area contributed by atoms with Crippen molar-refractivity contribution < 1.29 is 9.90 Å². The van der Waals surface area contributed by atoms with E-state index in [1.807, 2.05) is 27.7 Å². The Morgan fingerprint density at radius 2 is 1.83 bits per heavy atom. The topological polar surface area (TPSA) is 63.3 Å². The molecule has 3 N–H and O–H groups in total. The predicted octanol–water partition coefficient (Wildman–Crippen LogP) is 1.05. The van der Waals surface area contributed by atoms with Crippen LogP contribution in [0.1, 0.15) is 40.5 Å². The van der Waals surface area contributed by atoms with Gasteiger partial charge >= 0.3 is 0 Å². The molecule has 0 aromatic rings. The van der Waals surface area contributed by atoms with E-state index >= 15 is 0 Å². The monoisotopic (exact) mass is 173 g/mol. The molecule has 0 spiro atoms. The fourth-order valence-corrected chi connectivity index (χ4v) is 1.21. The number of hydrogen-bond donors (Lipinski definition) is 2. The lowest BCUT2D eigenvalue weighted by Gasteiger charge is -2.38. The van der Waals surface area contributed by atoms with Gasteiger partial charge in [0.25, 0.3) is 0 Å². The van der Waals surface area contributed by atoms with E-state index in [1.165, 1.54) is 0 Å². The second kappa shape index (κ2) is 3.44. The van der Waals surface area contributed by atoms with Crippen LogP contribution in [0.25, 0.3) is 0 Å². The SMILES string of the molecule is CCC(O)(CC(N)=O)C(C)(C)C. The van der Waals surface area contributed by atoms with Gasteiger partial charge in [-0.2, -0.15) is 0 Å². The third-order valence-electron chi connectivity index (χ3n) is 2.45. The van der Waals surface area contributed by atoms with Crippen molar-refractivity contribution in [3.05, 3.63) is 0 Å². The van der Waals surface area contributed by atoms with Crippen LogP contribution in [0, 0.1) is 5.41 Å². The van der Waals surface area contributed by atoms with Gasteiger partial charge < -0.3 is 10.8 Å². The zero-order chi connectivity index (χ0) is 9.99. The number of hydrogen-bond acceptors (Lipinski definition) is 2. The van der Waals surface area contributed by atoms with Crippen LogP contribution in [0.15, 0.2) is 0 Å². The van der Waals surface area contributed by atoms with Gasteiger partial charge in [-0.15, -0.1) is 0 Å². The normalized spacial score (nSPS) is 17.1. The lowest BCUT2D eigenvalue weighted by atomic mass is 9.73. The maximum absolute atomic E-state index is 10.7.